The Morgan fingerprint density at radius 2 is 2.25 bits per heavy atom. The van der Waals surface area contributed by atoms with Crippen LogP contribution < -0.4 is 5.32 Å². The largest absolute Gasteiger partial charge is 0.356 e. The minimum atomic E-state index is -0.363. The van der Waals surface area contributed by atoms with Gasteiger partial charge in [0, 0.05) is 12.6 Å². The maximum absolute atomic E-state index is 11.9. The van der Waals surface area contributed by atoms with E-state index in [9.17, 15) is 4.79 Å². The maximum Gasteiger partial charge on any atom is 0.268 e. The summed E-state index contributed by atoms with van der Waals surface area (Å²) in [5, 5.41) is 7.15. The van der Waals surface area contributed by atoms with Gasteiger partial charge in [-0.3, -0.25) is 4.79 Å². The van der Waals surface area contributed by atoms with Crippen molar-refractivity contribution < 1.29 is 9.32 Å². The summed E-state index contributed by atoms with van der Waals surface area (Å²) in [5.41, 5.74) is 0.392. The Hall–Kier alpha value is -1.82. The van der Waals surface area contributed by atoms with Gasteiger partial charge in [0.25, 0.3) is 5.91 Å². The van der Waals surface area contributed by atoms with E-state index in [0.717, 1.165) is 6.42 Å². The second kappa shape index (κ2) is 6.09. The summed E-state index contributed by atoms with van der Waals surface area (Å²) in [5.74, 6) is 1.23. The van der Waals surface area contributed by atoms with Gasteiger partial charge in [-0.15, -0.1) is 0 Å². The molecule has 20 heavy (non-hydrogen) atoms. The van der Waals surface area contributed by atoms with Crippen molar-refractivity contribution >= 4 is 17.5 Å². The topological polar surface area (TPSA) is 83.8 Å². The van der Waals surface area contributed by atoms with E-state index in [0.29, 0.717) is 28.3 Å². The van der Waals surface area contributed by atoms with Crippen LogP contribution in [-0.4, -0.2) is 21.0 Å². The van der Waals surface area contributed by atoms with Crippen molar-refractivity contribution in [1.29, 1.82) is 0 Å². The third kappa shape index (κ3) is 3.60. The molecule has 0 aromatic carbocycles. The molecule has 0 fully saturated rings. The predicted octanol–water partition coefficient (Wildman–Crippen LogP) is 2.74. The fourth-order valence-electron chi connectivity index (χ4n) is 1.73. The lowest BCUT2D eigenvalue weighted by Crippen LogP contribution is -2.27. The number of aromatic nitrogens is 3. The maximum atomic E-state index is 11.9. The zero-order valence-electron chi connectivity index (χ0n) is 11.6. The second-order valence-corrected chi connectivity index (χ2v) is 5.51. The van der Waals surface area contributed by atoms with Gasteiger partial charge in [0.05, 0.1) is 5.02 Å². The highest BCUT2D eigenvalue weighted by Crippen LogP contribution is 2.14. The molecule has 2 aromatic heterocycles. The molecule has 0 saturated heterocycles. The molecule has 2 heterocycles. The summed E-state index contributed by atoms with van der Waals surface area (Å²) in [7, 11) is 0. The highest BCUT2D eigenvalue weighted by atomic mass is 35.5. The predicted molar refractivity (Wildman–Crippen MR) is 74.5 cm³/mol. The first-order valence-corrected chi connectivity index (χ1v) is 6.80. The minimum Gasteiger partial charge on any atom is -0.356 e. The summed E-state index contributed by atoms with van der Waals surface area (Å²) in [6.07, 6.45) is 2.30. The zero-order valence-corrected chi connectivity index (χ0v) is 12.4. The third-order valence-electron chi connectivity index (χ3n) is 2.69. The van der Waals surface area contributed by atoms with E-state index in [1.165, 1.54) is 0 Å². The Bertz CT molecular complexity index is 591. The average Bonchev–Trinajstić information content (AvgIpc) is 2.97. The van der Waals surface area contributed by atoms with Crippen LogP contribution in [0.25, 0.3) is 0 Å². The zero-order chi connectivity index (χ0) is 14.7. The molecule has 0 aliphatic carbocycles. The smallest absolute Gasteiger partial charge is 0.268 e. The molecular weight excluding hydrogens is 280 g/mol. The van der Waals surface area contributed by atoms with Gasteiger partial charge in [0.2, 0.25) is 5.89 Å². The summed E-state index contributed by atoms with van der Waals surface area (Å²) >= 11 is 5.76. The lowest BCUT2D eigenvalue weighted by Gasteiger charge is -2.08. The average molecular weight is 297 g/mol. The summed E-state index contributed by atoms with van der Waals surface area (Å²) in [4.78, 5) is 19.0. The van der Waals surface area contributed by atoms with E-state index in [4.69, 9.17) is 16.1 Å². The van der Waals surface area contributed by atoms with Crippen LogP contribution in [0.15, 0.2) is 16.8 Å². The summed E-state index contributed by atoms with van der Waals surface area (Å²) in [6, 6.07) is 1.19. The fourth-order valence-corrected chi connectivity index (χ4v) is 1.89. The van der Waals surface area contributed by atoms with Crippen molar-refractivity contribution in [3.05, 3.63) is 34.7 Å². The van der Waals surface area contributed by atoms with Gasteiger partial charge in [-0.2, -0.15) is 4.98 Å². The first-order valence-electron chi connectivity index (χ1n) is 6.43. The van der Waals surface area contributed by atoms with Crippen LogP contribution in [-0.2, 0) is 6.42 Å². The molecule has 0 saturated carbocycles. The summed E-state index contributed by atoms with van der Waals surface area (Å²) < 4.78 is 5.16. The SMILES string of the molecule is CC(C)Cc1noc([C@@H](C)NC(=O)c2cc(Cl)c[nH]2)n1. The van der Waals surface area contributed by atoms with Gasteiger partial charge in [0.1, 0.15) is 11.7 Å². The number of nitrogens with one attached hydrogen (secondary N) is 2. The quantitative estimate of drug-likeness (QED) is 0.888. The number of H-pyrrole nitrogens is 1. The Kier molecular flexibility index (Phi) is 4.44. The third-order valence-corrected chi connectivity index (χ3v) is 2.90. The van der Waals surface area contributed by atoms with E-state index in [-0.39, 0.29) is 11.9 Å². The molecular formula is C13H17ClN4O2. The van der Waals surface area contributed by atoms with Crippen LogP contribution in [0, 0.1) is 5.92 Å². The van der Waals surface area contributed by atoms with Gasteiger partial charge in [-0.1, -0.05) is 30.6 Å². The monoisotopic (exact) mass is 296 g/mol. The number of aromatic amines is 1. The van der Waals surface area contributed by atoms with Crippen molar-refractivity contribution in [2.45, 2.75) is 33.2 Å². The molecule has 0 unspecified atom stereocenters. The van der Waals surface area contributed by atoms with E-state index in [2.05, 4.69) is 34.3 Å². The molecule has 7 heteroatoms. The number of carbonyl (C=O) groups is 1. The fraction of sp³-hybridized carbons (Fsp3) is 0.462. The number of nitrogens with zero attached hydrogens (tertiary/aromatic N) is 2. The molecule has 0 spiro atoms. The van der Waals surface area contributed by atoms with E-state index < -0.39 is 0 Å². The lowest BCUT2D eigenvalue weighted by molar-refractivity contribution is 0.0928. The van der Waals surface area contributed by atoms with Gasteiger partial charge in [0.15, 0.2) is 5.82 Å². The highest BCUT2D eigenvalue weighted by Gasteiger charge is 2.18. The first-order chi connectivity index (χ1) is 9.45. The Morgan fingerprint density at radius 1 is 1.50 bits per heavy atom. The van der Waals surface area contributed by atoms with Crippen molar-refractivity contribution in [1.82, 2.24) is 20.4 Å². The van der Waals surface area contributed by atoms with Gasteiger partial charge in [-0.25, -0.2) is 0 Å². The molecule has 2 aromatic rings. The number of carbonyl (C=O) groups excluding carboxylic acids is 1. The first kappa shape index (κ1) is 14.6. The van der Waals surface area contributed by atoms with Crippen molar-refractivity contribution in [3.63, 3.8) is 0 Å². The lowest BCUT2D eigenvalue weighted by atomic mass is 10.1. The van der Waals surface area contributed by atoms with Gasteiger partial charge >= 0.3 is 0 Å². The number of rotatable bonds is 5. The number of halogens is 1. The van der Waals surface area contributed by atoms with E-state index >= 15 is 0 Å². The van der Waals surface area contributed by atoms with Crippen LogP contribution >= 0.6 is 11.6 Å². The minimum absolute atomic E-state index is 0.270. The molecule has 6 nitrogen and oxygen atoms in total. The number of hydrogen-bond donors (Lipinski definition) is 2. The molecule has 0 aliphatic rings. The van der Waals surface area contributed by atoms with Crippen molar-refractivity contribution in [2.75, 3.05) is 0 Å². The van der Waals surface area contributed by atoms with Crippen molar-refractivity contribution in [3.8, 4) is 0 Å². The van der Waals surface area contributed by atoms with E-state index in [1.807, 2.05) is 0 Å². The van der Waals surface area contributed by atoms with Crippen LogP contribution in [0.5, 0.6) is 0 Å². The number of hydrogen-bond acceptors (Lipinski definition) is 4. The molecule has 0 radical (unpaired) electrons. The molecule has 108 valence electrons. The van der Waals surface area contributed by atoms with Gasteiger partial charge in [-0.05, 0) is 18.9 Å². The molecule has 2 rings (SSSR count). The van der Waals surface area contributed by atoms with Crippen LogP contribution in [0.3, 0.4) is 0 Å². The molecule has 1 amide bonds. The number of amides is 1. The Morgan fingerprint density at radius 3 is 2.85 bits per heavy atom. The molecule has 2 N–H and O–H groups in total. The van der Waals surface area contributed by atoms with Crippen LogP contribution in [0.2, 0.25) is 5.02 Å². The van der Waals surface area contributed by atoms with Gasteiger partial charge < -0.3 is 14.8 Å². The van der Waals surface area contributed by atoms with Crippen molar-refractivity contribution in [2.24, 2.45) is 5.92 Å². The second-order valence-electron chi connectivity index (χ2n) is 5.07. The highest BCUT2D eigenvalue weighted by molar-refractivity contribution is 6.30. The van der Waals surface area contributed by atoms with Crippen LogP contribution in [0.4, 0.5) is 0 Å². The normalized spacial score (nSPS) is 12.7. The Labute approximate surface area is 121 Å². The standard InChI is InChI=1S/C13H17ClN4O2/c1-7(2)4-11-17-13(20-18-11)8(3)16-12(19)10-5-9(14)6-15-10/h5-8,15H,4H2,1-3H3,(H,16,19)/t8-/m1/s1. The summed E-state index contributed by atoms with van der Waals surface area (Å²) in [6.45, 7) is 5.95. The van der Waals surface area contributed by atoms with E-state index in [1.54, 1.807) is 19.2 Å². The molecule has 0 bridgehead atoms. The van der Waals surface area contributed by atoms with Crippen LogP contribution in [0.1, 0.15) is 49.0 Å². The Balaban J connectivity index is 1.99. The molecule has 1 atom stereocenters. The molecule has 0 aliphatic heterocycles.